The molecular weight excluding hydrogens is 568 g/mol. The van der Waals surface area contributed by atoms with Gasteiger partial charge in [-0.05, 0) is 55.4 Å². The fraction of sp³-hybridized carbons (Fsp3) is 0.424. The maximum atomic E-state index is 13.3. The van der Waals surface area contributed by atoms with Crippen molar-refractivity contribution in [3.05, 3.63) is 83.4 Å². The van der Waals surface area contributed by atoms with Crippen LogP contribution in [0.25, 0.3) is 0 Å². The number of hydrogen-bond donors (Lipinski definition) is 5. The molecule has 3 aromatic rings. The lowest BCUT2D eigenvalue weighted by molar-refractivity contribution is 0.171. The number of benzene rings is 1. The molecule has 0 spiro atoms. The lowest BCUT2D eigenvalue weighted by atomic mass is 9.85. The summed E-state index contributed by atoms with van der Waals surface area (Å²) >= 11 is 0. The zero-order chi connectivity index (χ0) is 32.1. The predicted molar refractivity (Wildman–Crippen MR) is 174 cm³/mol. The molecule has 45 heavy (non-hydrogen) atoms. The lowest BCUT2D eigenvalue weighted by Crippen LogP contribution is -2.43. The summed E-state index contributed by atoms with van der Waals surface area (Å²) in [6, 6.07) is 10.8. The molecule has 1 saturated heterocycles. The maximum Gasteiger partial charge on any atom is 0.320 e. The molecule has 12 nitrogen and oxygen atoms in total. The van der Waals surface area contributed by atoms with Gasteiger partial charge < -0.3 is 20.7 Å². The third-order valence-electron chi connectivity index (χ3n) is 8.17. The smallest absolute Gasteiger partial charge is 0.320 e. The Kier molecular flexibility index (Phi) is 9.40. The largest absolute Gasteiger partial charge is 0.484 e. The van der Waals surface area contributed by atoms with Crippen molar-refractivity contribution in [2.24, 2.45) is 23.2 Å². The molecule has 2 aliphatic rings. The summed E-state index contributed by atoms with van der Waals surface area (Å²) in [5, 5.41) is 27.3. The summed E-state index contributed by atoms with van der Waals surface area (Å²) in [7, 11) is 1.80. The zero-order valence-corrected chi connectivity index (χ0v) is 26.5. The minimum atomic E-state index is -0.391. The highest BCUT2D eigenvalue weighted by atomic mass is 16.5. The van der Waals surface area contributed by atoms with E-state index in [1.54, 1.807) is 53.1 Å². The number of pyridine rings is 1. The number of fused-ring (bicyclic) bond motifs is 1. The number of piperidine rings is 1. The van der Waals surface area contributed by atoms with Crippen LogP contribution in [0, 0.1) is 16.2 Å². The number of aliphatic imine (C=N–C) groups is 1. The van der Waals surface area contributed by atoms with E-state index in [2.05, 4.69) is 20.7 Å². The standard InChI is InChI=1S/C33H44N10O2/c1-33(2,3)28(34)18-30(38-22-19-37-41(4)20-22)40-32(44)39-26-13-14-27(25-11-7-6-10-24(25)26)45-23-12-15-29(35)43(21-23)31(36)42-16-8-5-9-17-42/h6-7,10-12,15,18-21,26-27,35-36H,5,8-9,13-14,16-17,34H2,1-4H3,(H2,38,39,40,44)/t26-,27+/m0/s1. The highest BCUT2D eigenvalue weighted by Gasteiger charge is 2.30. The van der Waals surface area contributed by atoms with E-state index in [0.29, 0.717) is 41.8 Å². The number of carbonyl (C=O) groups excluding carboxylic acids is 1. The van der Waals surface area contributed by atoms with Gasteiger partial charge in [-0.25, -0.2) is 9.79 Å². The number of aryl methyl sites for hydroxylation is 1. The Morgan fingerprint density at radius 2 is 1.82 bits per heavy atom. The third-order valence-corrected chi connectivity index (χ3v) is 8.17. The van der Waals surface area contributed by atoms with E-state index in [1.165, 1.54) is 6.42 Å². The van der Waals surface area contributed by atoms with E-state index in [4.69, 9.17) is 21.3 Å². The van der Waals surface area contributed by atoms with Crippen LogP contribution < -0.4 is 26.6 Å². The van der Waals surface area contributed by atoms with Gasteiger partial charge in [0.25, 0.3) is 0 Å². The fourth-order valence-electron chi connectivity index (χ4n) is 5.55. The molecule has 0 unspecified atom stereocenters. The van der Waals surface area contributed by atoms with E-state index in [-0.39, 0.29) is 23.0 Å². The molecule has 1 aliphatic carbocycles. The highest BCUT2D eigenvalue weighted by Crippen LogP contribution is 2.38. The minimum absolute atomic E-state index is 0.238. The van der Waals surface area contributed by atoms with Crippen molar-refractivity contribution in [3.63, 3.8) is 0 Å². The summed E-state index contributed by atoms with van der Waals surface area (Å²) in [5.74, 6) is 1.21. The van der Waals surface area contributed by atoms with Crippen molar-refractivity contribution in [1.82, 2.24) is 29.9 Å². The summed E-state index contributed by atoms with van der Waals surface area (Å²) in [6.45, 7) is 7.64. The van der Waals surface area contributed by atoms with Crippen molar-refractivity contribution >= 4 is 23.5 Å². The summed E-state index contributed by atoms with van der Waals surface area (Å²) < 4.78 is 9.70. The quantitative estimate of drug-likeness (QED) is 0.205. The minimum Gasteiger partial charge on any atom is -0.484 e. The van der Waals surface area contributed by atoms with Crippen LogP contribution in [0.4, 0.5) is 10.5 Å². The zero-order valence-electron chi connectivity index (χ0n) is 26.5. The Labute approximate surface area is 264 Å². The molecule has 1 aromatic carbocycles. The van der Waals surface area contributed by atoms with Crippen LogP contribution in [0.15, 0.2) is 71.8 Å². The van der Waals surface area contributed by atoms with Crippen LogP contribution >= 0.6 is 0 Å². The fourth-order valence-corrected chi connectivity index (χ4v) is 5.55. The summed E-state index contributed by atoms with van der Waals surface area (Å²) in [6.07, 6.45) is 11.2. The Balaban J connectivity index is 1.31. The first-order chi connectivity index (χ1) is 21.5. The monoisotopic (exact) mass is 612 g/mol. The van der Waals surface area contributed by atoms with Gasteiger partial charge in [0.15, 0.2) is 0 Å². The topological polar surface area (TPSA) is 162 Å². The SMILES string of the molecule is Cn1cc(N=C(C=C(N)C(C)(C)C)NC(=O)N[C@H]2CC[C@@H](Oc3ccc(=N)n(C(=N)N4CCCCC4)c3)c3ccccc32)cn1. The number of amides is 2. The number of likely N-dealkylation sites (tertiary alicyclic amines) is 1. The Bertz CT molecular complexity index is 1660. The number of nitrogens with zero attached hydrogens (tertiary/aromatic N) is 5. The molecule has 1 fully saturated rings. The van der Waals surface area contributed by atoms with Crippen molar-refractivity contribution in [2.45, 2.75) is 65.0 Å². The second kappa shape index (κ2) is 13.4. The number of carbonyl (C=O) groups is 1. The number of allylic oxidation sites excluding steroid dienone is 1. The van der Waals surface area contributed by atoms with Crippen molar-refractivity contribution in [3.8, 4) is 5.75 Å². The number of hydrogen-bond acceptors (Lipinski definition) is 7. The highest BCUT2D eigenvalue weighted by molar-refractivity contribution is 6.05. The van der Waals surface area contributed by atoms with Gasteiger partial charge >= 0.3 is 6.03 Å². The number of nitrogens with two attached hydrogens (primary N) is 1. The van der Waals surface area contributed by atoms with Crippen molar-refractivity contribution in [2.75, 3.05) is 13.1 Å². The van der Waals surface area contributed by atoms with Crippen LogP contribution in [-0.2, 0) is 7.05 Å². The molecule has 12 heteroatoms. The van der Waals surface area contributed by atoms with Crippen LogP contribution in [0.1, 0.15) is 76.1 Å². The van der Waals surface area contributed by atoms with Gasteiger partial charge in [-0.15, -0.1) is 0 Å². The van der Waals surface area contributed by atoms with E-state index in [9.17, 15) is 4.79 Å². The number of rotatable bonds is 5. The third kappa shape index (κ3) is 7.81. The molecule has 238 valence electrons. The molecule has 0 bridgehead atoms. The molecule has 0 saturated carbocycles. The first kappa shape index (κ1) is 31.6. The number of nitrogens with one attached hydrogen (secondary N) is 4. The number of amidine groups is 1. The molecule has 0 radical (unpaired) electrons. The molecule has 2 aromatic heterocycles. The van der Waals surface area contributed by atoms with Gasteiger partial charge in [-0.1, -0.05) is 45.0 Å². The van der Waals surface area contributed by atoms with E-state index >= 15 is 0 Å². The van der Waals surface area contributed by atoms with Crippen molar-refractivity contribution < 1.29 is 9.53 Å². The lowest BCUT2D eigenvalue weighted by Gasteiger charge is -2.33. The molecule has 5 rings (SSSR count). The number of aromatic nitrogens is 3. The Hall–Kier alpha value is -4.87. The van der Waals surface area contributed by atoms with E-state index in [0.717, 1.165) is 37.1 Å². The van der Waals surface area contributed by atoms with Crippen LogP contribution in [0.2, 0.25) is 0 Å². The Morgan fingerprint density at radius 1 is 1.09 bits per heavy atom. The van der Waals surface area contributed by atoms with E-state index in [1.807, 2.05) is 49.9 Å². The maximum absolute atomic E-state index is 13.3. The molecule has 2 atom stereocenters. The second-order valence-corrected chi connectivity index (χ2v) is 12.7. The number of ether oxygens (including phenoxy) is 1. The molecule has 3 heterocycles. The van der Waals surface area contributed by atoms with Crippen LogP contribution in [-0.4, -0.2) is 50.2 Å². The first-order valence-electron chi connectivity index (χ1n) is 15.5. The molecular formula is C33H44N10O2. The van der Waals surface area contributed by atoms with Gasteiger partial charge in [0.1, 0.15) is 28.9 Å². The number of urea groups is 1. The van der Waals surface area contributed by atoms with Gasteiger partial charge in [0, 0.05) is 37.3 Å². The Morgan fingerprint density at radius 3 is 2.51 bits per heavy atom. The summed E-state index contributed by atoms with van der Waals surface area (Å²) in [4.78, 5) is 19.9. The van der Waals surface area contributed by atoms with Gasteiger partial charge in [0.05, 0.1) is 24.6 Å². The van der Waals surface area contributed by atoms with Gasteiger partial charge in [-0.3, -0.25) is 25.4 Å². The van der Waals surface area contributed by atoms with Gasteiger partial charge in [0.2, 0.25) is 5.96 Å². The first-order valence-corrected chi connectivity index (χ1v) is 15.5. The van der Waals surface area contributed by atoms with Crippen LogP contribution in [0.3, 0.4) is 0 Å². The van der Waals surface area contributed by atoms with E-state index < -0.39 is 6.03 Å². The molecule has 1 aliphatic heterocycles. The normalized spacial score (nSPS) is 19.1. The van der Waals surface area contributed by atoms with Gasteiger partial charge in [-0.2, -0.15) is 5.10 Å². The molecule has 6 N–H and O–H groups in total. The average molecular weight is 613 g/mol. The van der Waals surface area contributed by atoms with Crippen molar-refractivity contribution in [1.29, 1.82) is 10.8 Å². The molecule has 2 amide bonds. The predicted octanol–water partition coefficient (Wildman–Crippen LogP) is 4.84. The average Bonchev–Trinajstić information content (AvgIpc) is 3.42. The van der Waals surface area contributed by atoms with Crippen LogP contribution in [0.5, 0.6) is 5.75 Å². The summed E-state index contributed by atoms with van der Waals surface area (Å²) in [5.41, 5.74) is 9.41. The second-order valence-electron chi connectivity index (χ2n) is 12.7.